The van der Waals surface area contributed by atoms with Crippen molar-refractivity contribution >= 4 is 5.82 Å². The lowest BCUT2D eigenvalue weighted by atomic mass is 9.94. The van der Waals surface area contributed by atoms with Crippen molar-refractivity contribution in [1.82, 2.24) is 9.97 Å². The first-order valence-corrected chi connectivity index (χ1v) is 6.81. The van der Waals surface area contributed by atoms with E-state index in [0.717, 1.165) is 49.4 Å². The number of rotatable bonds is 2. The molecule has 19 heavy (non-hydrogen) atoms. The van der Waals surface area contributed by atoms with Crippen LogP contribution < -0.4 is 11.3 Å². The third-order valence-corrected chi connectivity index (χ3v) is 3.90. The van der Waals surface area contributed by atoms with Crippen LogP contribution in [0.15, 0.2) is 0 Å². The van der Waals surface area contributed by atoms with Crippen LogP contribution in [0.2, 0.25) is 0 Å². The van der Waals surface area contributed by atoms with Crippen LogP contribution in [0.1, 0.15) is 43.3 Å². The minimum atomic E-state index is -0.392. The topological polar surface area (TPSA) is 82.3 Å². The first-order valence-electron chi connectivity index (χ1n) is 6.81. The molecule has 0 bridgehead atoms. The number of nitrogens with one attached hydrogen (secondary N) is 1. The quantitative estimate of drug-likeness (QED) is 0.618. The van der Waals surface area contributed by atoms with Crippen LogP contribution in [0, 0.1) is 0 Å². The molecule has 1 saturated heterocycles. The molecule has 2 aliphatic heterocycles. The van der Waals surface area contributed by atoms with Crippen molar-refractivity contribution in [2.24, 2.45) is 5.84 Å². The van der Waals surface area contributed by atoms with Gasteiger partial charge in [-0.1, -0.05) is 0 Å². The van der Waals surface area contributed by atoms with Crippen molar-refractivity contribution in [1.29, 1.82) is 0 Å². The average molecular weight is 264 g/mol. The van der Waals surface area contributed by atoms with Gasteiger partial charge in [0.25, 0.3) is 0 Å². The van der Waals surface area contributed by atoms with Crippen molar-refractivity contribution in [3.05, 3.63) is 17.1 Å². The van der Waals surface area contributed by atoms with Gasteiger partial charge in [0.1, 0.15) is 11.4 Å². The molecule has 1 fully saturated rings. The average Bonchev–Trinajstić information content (AvgIpc) is 2.47. The van der Waals surface area contributed by atoms with Gasteiger partial charge in [-0.3, -0.25) is 0 Å². The van der Waals surface area contributed by atoms with Crippen molar-refractivity contribution in [3.8, 4) is 0 Å². The van der Waals surface area contributed by atoms with Gasteiger partial charge in [0.05, 0.1) is 18.9 Å². The van der Waals surface area contributed by atoms with E-state index in [9.17, 15) is 0 Å². The predicted molar refractivity (Wildman–Crippen MR) is 70.4 cm³/mol. The Morgan fingerprint density at radius 2 is 2.16 bits per heavy atom. The summed E-state index contributed by atoms with van der Waals surface area (Å²) in [4.78, 5) is 9.25. The molecule has 2 aliphatic rings. The maximum Gasteiger partial charge on any atom is 0.162 e. The van der Waals surface area contributed by atoms with Crippen molar-refractivity contribution < 1.29 is 9.47 Å². The molecule has 0 radical (unpaired) electrons. The first-order chi connectivity index (χ1) is 9.23. The van der Waals surface area contributed by atoms with E-state index < -0.39 is 5.60 Å². The molecule has 3 heterocycles. The van der Waals surface area contributed by atoms with Crippen LogP contribution in [0.3, 0.4) is 0 Å². The van der Waals surface area contributed by atoms with Crippen molar-refractivity contribution in [2.45, 2.75) is 44.8 Å². The van der Waals surface area contributed by atoms with Gasteiger partial charge in [0.2, 0.25) is 0 Å². The Balaban J connectivity index is 2.02. The van der Waals surface area contributed by atoms with Gasteiger partial charge in [-0.25, -0.2) is 15.8 Å². The van der Waals surface area contributed by atoms with Crippen molar-refractivity contribution in [3.63, 3.8) is 0 Å². The number of nitrogens with two attached hydrogens (primary N) is 1. The molecule has 3 N–H and O–H groups in total. The zero-order chi connectivity index (χ0) is 13.3. The summed E-state index contributed by atoms with van der Waals surface area (Å²) in [5, 5.41) is 0. The highest BCUT2D eigenvalue weighted by Crippen LogP contribution is 2.34. The number of hydrogen-bond donors (Lipinski definition) is 2. The van der Waals surface area contributed by atoms with E-state index >= 15 is 0 Å². The maximum atomic E-state index is 5.92. The summed E-state index contributed by atoms with van der Waals surface area (Å²) in [6.07, 6.45) is 4.00. The Bertz CT molecular complexity index is 455. The number of ether oxygens (including phenoxy) is 2. The van der Waals surface area contributed by atoms with Gasteiger partial charge in [0, 0.05) is 18.6 Å². The molecule has 0 amide bonds. The van der Waals surface area contributed by atoms with Crippen LogP contribution in [0.25, 0.3) is 0 Å². The molecular formula is C13H20N4O2. The number of fused-ring (bicyclic) bond motifs is 1. The van der Waals surface area contributed by atoms with E-state index in [1.165, 1.54) is 0 Å². The summed E-state index contributed by atoms with van der Waals surface area (Å²) < 4.78 is 11.4. The van der Waals surface area contributed by atoms with Crippen molar-refractivity contribution in [2.75, 3.05) is 18.6 Å². The Labute approximate surface area is 112 Å². The van der Waals surface area contributed by atoms with E-state index in [0.29, 0.717) is 19.0 Å². The Kier molecular flexibility index (Phi) is 3.38. The van der Waals surface area contributed by atoms with E-state index in [1.54, 1.807) is 0 Å². The smallest absolute Gasteiger partial charge is 0.162 e. The number of hydrogen-bond acceptors (Lipinski definition) is 6. The lowest BCUT2D eigenvalue weighted by Crippen LogP contribution is -2.34. The standard InChI is InChI=1S/C13H20N4O2/c1-13(5-2-3-6-19-13)12-15-10-4-7-18-8-9(10)11(16-12)17-14/h2-8,14H2,1H3,(H,15,16,17). The van der Waals surface area contributed by atoms with Crippen LogP contribution in [-0.2, 0) is 28.1 Å². The molecule has 1 atom stereocenters. The SMILES string of the molecule is CC1(c2nc3c(c(NN)n2)COCC3)CCCCO1. The van der Waals surface area contributed by atoms with Gasteiger partial charge in [0.15, 0.2) is 5.82 Å². The lowest BCUT2D eigenvalue weighted by Gasteiger charge is -2.33. The fraction of sp³-hybridized carbons (Fsp3) is 0.692. The van der Waals surface area contributed by atoms with E-state index in [-0.39, 0.29) is 0 Å². The number of nitrogens with zero attached hydrogens (tertiary/aromatic N) is 2. The van der Waals surface area contributed by atoms with E-state index in [4.69, 9.17) is 20.3 Å². The molecule has 0 aromatic carbocycles. The summed E-state index contributed by atoms with van der Waals surface area (Å²) in [5.74, 6) is 6.98. The maximum absolute atomic E-state index is 5.92. The molecule has 0 saturated carbocycles. The lowest BCUT2D eigenvalue weighted by molar-refractivity contribution is -0.0762. The molecule has 104 valence electrons. The normalized spacial score (nSPS) is 26.8. The highest BCUT2D eigenvalue weighted by Gasteiger charge is 2.34. The Morgan fingerprint density at radius 1 is 1.26 bits per heavy atom. The van der Waals surface area contributed by atoms with Crippen LogP contribution in [-0.4, -0.2) is 23.2 Å². The molecule has 3 rings (SSSR count). The van der Waals surface area contributed by atoms with Gasteiger partial charge in [-0.2, -0.15) is 0 Å². The summed E-state index contributed by atoms with van der Waals surface area (Å²) in [6, 6.07) is 0. The van der Waals surface area contributed by atoms with Gasteiger partial charge >= 0.3 is 0 Å². The predicted octanol–water partition coefficient (Wildman–Crippen LogP) is 1.25. The molecule has 0 spiro atoms. The third-order valence-electron chi connectivity index (χ3n) is 3.90. The zero-order valence-corrected chi connectivity index (χ0v) is 11.2. The monoisotopic (exact) mass is 264 g/mol. The molecule has 1 aromatic heterocycles. The van der Waals surface area contributed by atoms with Gasteiger partial charge in [-0.05, 0) is 26.2 Å². The largest absolute Gasteiger partial charge is 0.376 e. The number of aromatic nitrogens is 2. The second-order valence-corrected chi connectivity index (χ2v) is 5.30. The first kappa shape index (κ1) is 12.8. The molecule has 0 aliphatic carbocycles. The van der Waals surface area contributed by atoms with E-state index in [1.807, 2.05) is 0 Å². The summed E-state index contributed by atoms with van der Waals surface area (Å²) in [5.41, 5.74) is 4.27. The molecular weight excluding hydrogens is 244 g/mol. The number of hydrazine groups is 1. The highest BCUT2D eigenvalue weighted by molar-refractivity contribution is 5.46. The highest BCUT2D eigenvalue weighted by atomic mass is 16.5. The zero-order valence-electron chi connectivity index (χ0n) is 11.2. The molecule has 6 heteroatoms. The van der Waals surface area contributed by atoms with Gasteiger partial charge in [-0.15, -0.1) is 0 Å². The van der Waals surface area contributed by atoms with Gasteiger partial charge < -0.3 is 14.9 Å². The summed E-state index contributed by atoms with van der Waals surface area (Å²) in [6.45, 7) is 4.05. The van der Waals surface area contributed by atoms with Crippen LogP contribution in [0.5, 0.6) is 0 Å². The molecule has 6 nitrogen and oxygen atoms in total. The fourth-order valence-electron chi connectivity index (χ4n) is 2.70. The summed E-state index contributed by atoms with van der Waals surface area (Å²) in [7, 11) is 0. The Morgan fingerprint density at radius 3 is 2.89 bits per heavy atom. The minimum Gasteiger partial charge on any atom is -0.376 e. The Hall–Kier alpha value is -1.24. The minimum absolute atomic E-state index is 0.392. The number of anilines is 1. The molecule has 1 unspecified atom stereocenters. The van der Waals surface area contributed by atoms with Crippen LogP contribution in [0.4, 0.5) is 5.82 Å². The second kappa shape index (κ2) is 5.03. The molecule has 1 aromatic rings. The van der Waals surface area contributed by atoms with Crippen LogP contribution >= 0.6 is 0 Å². The number of nitrogen functional groups attached to an aromatic ring is 1. The third kappa shape index (κ3) is 2.31. The fourth-order valence-corrected chi connectivity index (χ4v) is 2.70. The second-order valence-electron chi connectivity index (χ2n) is 5.30. The summed E-state index contributed by atoms with van der Waals surface area (Å²) >= 11 is 0. The van der Waals surface area contributed by atoms with E-state index in [2.05, 4.69) is 17.3 Å².